The Bertz CT molecular complexity index is 422. The van der Waals surface area contributed by atoms with Gasteiger partial charge in [-0.1, -0.05) is 63.9 Å². The minimum absolute atomic E-state index is 0.240. The van der Waals surface area contributed by atoms with E-state index in [4.69, 9.17) is 0 Å². The van der Waals surface area contributed by atoms with Crippen molar-refractivity contribution in [2.45, 2.75) is 59.9 Å². The van der Waals surface area contributed by atoms with E-state index in [2.05, 4.69) is 39.5 Å². The molecule has 118 valence electrons. The molecule has 2 heteroatoms. The third-order valence-electron chi connectivity index (χ3n) is 4.03. The van der Waals surface area contributed by atoms with E-state index in [-0.39, 0.29) is 11.2 Å². The molecule has 1 rings (SSSR count). The molecule has 21 heavy (non-hydrogen) atoms. The number of hydrogen-bond donors (Lipinski definition) is 0. The van der Waals surface area contributed by atoms with Gasteiger partial charge in [-0.3, -0.25) is 9.69 Å². The van der Waals surface area contributed by atoms with Crippen LogP contribution in [0.5, 0.6) is 0 Å². The van der Waals surface area contributed by atoms with E-state index in [0.29, 0.717) is 6.04 Å². The molecule has 0 atom stereocenters. The van der Waals surface area contributed by atoms with Gasteiger partial charge in [0.1, 0.15) is 0 Å². The van der Waals surface area contributed by atoms with Gasteiger partial charge in [-0.2, -0.15) is 0 Å². The zero-order valence-electron chi connectivity index (χ0n) is 14.4. The van der Waals surface area contributed by atoms with E-state index >= 15 is 0 Å². The Kier molecular flexibility index (Phi) is 7.10. The van der Waals surface area contributed by atoms with Gasteiger partial charge >= 0.3 is 0 Å². The van der Waals surface area contributed by atoms with Crippen LogP contribution in [0.1, 0.15) is 64.2 Å². The Labute approximate surface area is 130 Å². The minimum Gasteiger partial charge on any atom is -0.300 e. The summed E-state index contributed by atoms with van der Waals surface area (Å²) in [7, 11) is 0. The van der Waals surface area contributed by atoms with Gasteiger partial charge in [-0.05, 0) is 26.8 Å². The van der Waals surface area contributed by atoms with Gasteiger partial charge in [0.2, 0.25) is 0 Å². The fourth-order valence-electron chi connectivity index (χ4n) is 2.64. The standard InChI is InChI=1S/C19H31NO/c1-6-7-11-14-20(16(2)3)15-19(4,5)18(21)17-12-9-8-10-13-17/h8-10,12-13,16H,6-7,11,14-15H2,1-5H3. The highest BCUT2D eigenvalue weighted by Gasteiger charge is 2.31. The number of benzene rings is 1. The van der Waals surface area contributed by atoms with Crippen molar-refractivity contribution in [3.05, 3.63) is 35.9 Å². The van der Waals surface area contributed by atoms with Crippen LogP contribution in [0.25, 0.3) is 0 Å². The molecule has 0 N–H and O–H groups in total. The normalized spacial score (nSPS) is 12.1. The van der Waals surface area contributed by atoms with E-state index in [1.165, 1.54) is 19.3 Å². The van der Waals surface area contributed by atoms with Gasteiger partial charge < -0.3 is 0 Å². The lowest BCUT2D eigenvalue weighted by Crippen LogP contribution is -2.43. The van der Waals surface area contributed by atoms with Crippen LogP contribution in [0.4, 0.5) is 0 Å². The Morgan fingerprint density at radius 3 is 2.29 bits per heavy atom. The molecule has 1 aromatic rings. The molecule has 0 heterocycles. The fourth-order valence-corrected chi connectivity index (χ4v) is 2.64. The molecule has 0 saturated heterocycles. The molecule has 0 fully saturated rings. The minimum atomic E-state index is -0.349. The summed E-state index contributed by atoms with van der Waals surface area (Å²) in [5.41, 5.74) is 0.470. The summed E-state index contributed by atoms with van der Waals surface area (Å²) in [6, 6.07) is 10.1. The summed E-state index contributed by atoms with van der Waals surface area (Å²) in [5, 5.41) is 0. The Balaban J connectivity index is 2.73. The monoisotopic (exact) mass is 289 g/mol. The maximum atomic E-state index is 12.7. The van der Waals surface area contributed by atoms with Crippen molar-refractivity contribution in [1.82, 2.24) is 4.90 Å². The largest absolute Gasteiger partial charge is 0.300 e. The molecule has 0 aliphatic carbocycles. The topological polar surface area (TPSA) is 20.3 Å². The number of rotatable bonds is 9. The van der Waals surface area contributed by atoms with Crippen molar-refractivity contribution in [2.75, 3.05) is 13.1 Å². The van der Waals surface area contributed by atoms with Crippen LogP contribution >= 0.6 is 0 Å². The number of nitrogens with zero attached hydrogens (tertiary/aromatic N) is 1. The van der Waals surface area contributed by atoms with Gasteiger partial charge in [-0.25, -0.2) is 0 Å². The molecule has 0 aromatic heterocycles. The first kappa shape index (κ1) is 17.9. The zero-order chi connectivity index (χ0) is 15.9. The van der Waals surface area contributed by atoms with Crippen molar-refractivity contribution >= 4 is 5.78 Å². The van der Waals surface area contributed by atoms with Crippen LogP contribution in [0.2, 0.25) is 0 Å². The summed E-state index contributed by atoms with van der Waals surface area (Å²) in [6.45, 7) is 12.7. The van der Waals surface area contributed by atoms with Crippen molar-refractivity contribution in [2.24, 2.45) is 5.41 Å². The van der Waals surface area contributed by atoms with Crippen molar-refractivity contribution in [3.8, 4) is 0 Å². The number of Topliss-reactive ketones (excluding diaryl/α,β-unsaturated/α-hetero) is 1. The fraction of sp³-hybridized carbons (Fsp3) is 0.632. The van der Waals surface area contributed by atoms with E-state index in [1.807, 2.05) is 30.3 Å². The first-order valence-electron chi connectivity index (χ1n) is 8.22. The zero-order valence-corrected chi connectivity index (χ0v) is 14.4. The average molecular weight is 289 g/mol. The molecule has 1 aromatic carbocycles. The molecule has 0 spiro atoms. The van der Waals surface area contributed by atoms with Crippen LogP contribution in [0.15, 0.2) is 30.3 Å². The summed E-state index contributed by atoms with van der Waals surface area (Å²) < 4.78 is 0. The van der Waals surface area contributed by atoms with Crippen molar-refractivity contribution < 1.29 is 4.79 Å². The van der Waals surface area contributed by atoms with Crippen LogP contribution in [0.3, 0.4) is 0 Å². The second-order valence-corrected chi connectivity index (χ2v) is 6.85. The summed E-state index contributed by atoms with van der Waals surface area (Å²) in [5.74, 6) is 0.240. The van der Waals surface area contributed by atoms with E-state index < -0.39 is 0 Å². The quantitative estimate of drug-likeness (QED) is 0.481. The number of hydrogen-bond acceptors (Lipinski definition) is 2. The molecule has 0 amide bonds. The van der Waals surface area contributed by atoms with Gasteiger partial charge in [0.25, 0.3) is 0 Å². The third kappa shape index (κ3) is 5.62. The SMILES string of the molecule is CCCCCN(CC(C)(C)C(=O)c1ccccc1)C(C)C. The first-order chi connectivity index (χ1) is 9.88. The molecular weight excluding hydrogens is 258 g/mol. The maximum absolute atomic E-state index is 12.7. The lowest BCUT2D eigenvalue weighted by atomic mass is 9.83. The van der Waals surface area contributed by atoms with Gasteiger partial charge in [0, 0.05) is 23.6 Å². The second kappa shape index (κ2) is 8.33. The number of ketones is 1. The van der Waals surface area contributed by atoms with Gasteiger partial charge in [0.05, 0.1) is 0 Å². The van der Waals surface area contributed by atoms with Crippen molar-refractivity contribution in [3.63, 3.8) is 0 Å². The Morgan fingerprint density at radius 1 is 1.14 bits per heavy atom. The van der Waals surface area contributed by atoms with E-state index in [1.54, 1.807) is 0 Å². The second-order valence-electron chi connectivity index (χ2n) is 6.85. The lowest BCUT2D eigenvalue weighted by Gasteiger charge is -2.34. The van der Waals surface area contributed by atoms with E-state index in [0.717, 1.165) is 18.7 Å². The van der Waals surface area contributed by atoms with Crippen molar-refractivity contribution in [1.29, 1.82) is 0 Å². The smallest absolute Gasteiger partial charge is 0.169 e. The Morgan fingerprint density at radius 2 is 1.76 bits per heavy atom. The summed E-state index contributed by atoms with van der Waals surface area (Å²) in [4.78, 5) is 15.2. The lowest BCUT2D eigenvalue weighted by molar-refractivity contribution is 0.0729. The predicted molar refractivity (Wildman–Crippen MR) is 90.8 cm³/mol. The molecule has 0 unspecified atom stereocenters. The summed E-state index contributed by atoms with van der Waals surface area (Å²) >= 11 is 0. The molecule has 0 bridgehead atoms. The first-order valence-corrected chi connectivity index (χ1v) is 8.22. The number of carbonyl (C=O) groups excluding carboxylic acids is 1. The highest BCUT2D eigenvalue weighted by atomic mass is 16.1. The average Bonchev–Trinajstić information content (AvgIpc) is 2.46. The van der Waals surface area contributed by atoms with Gasteiger partial charge in [0.15, 0.2) is 5.78 Å². The molecule has 0 radical (unpaired) electrons. The van der Waals surface area contributed by atoms with E-state index in [9.17, 15) is 4.79 Å². The Hall–Kier alpha value is -1.15. The van der Waals surface area contributed by atoms with Gasteiger partial charge in [-0.15, -0.1) is 0 Å². The highest BCUT2D eigenvalue weighted by molar-refractivity contribution is 6.00. The molecular formula is C19H31NO. The number of unbranched alkanes of at least 4 members (excludes halogenated alkanes) is 2. The molecule has 2 nitrogen and oxygen atoms in total. The molecule has 0 saturated carbocycles. The maximum Gasteiger partial charge on any atom is 0.169 e. The van der Waals surface area contributed by atoms with Crippen LogP contribution in [-0.2, 0) is 0 Å². The van der Waals surface area contributed by atoms with Crippen LogP contribution < -0.4 is 0 Å². The predicted octanol–water partition coefficient (Wildman–Crippen LogP) is 4.80. The summed E-state index contributed by atoms with van der Waals surface area (Å²) in [6.07, 6.45) is 3.71. The van der Waals surface area contributed by atoms with Crippen LogP contribution in [-0.4, -0.2) is 29.8 Å². The molecule has 0 aliphatic heterocycles. The molecule has 0 aliphatic rings. The highest BCUT2D eigenvalue weighted by Crippen LogP contribution is 2.24. The third-order valence-corrected chi connectivity index (χ3v) is 4.03. The number of carbonyl (C=O) groups is 1. The van der Waals surface area contributed by atoms with Crippen LogP contribution in [0, 0.1) is 5.41 Å².